The van der Waals surface area contributed by atoms with Crippen LogP contribution in [0.2, 0.25) is 0 Å². The van der Waals surface area contributed by atoms with Crippen molar-refractivity contribution in [3.05, 3.63) is 16.6 Å². The molecule has 1 rings (SSSR count). The predicted molar refractivity (Wildman–Crippen MR) is 59.0 cm³/mol. The van der Waals surface area contributed by atoms with Gasteiger partial charge in [0.1, 0.15) is 5.69 Å². The van der Waals surface area contributed by atoms with E-state index in [0.29, 0.717) is 11.6 Å². The van der Waals surface area contributed by atoms with Gasteiger partial charge in [-0.1, -0.05) is 0 Å². The molecule has 1 aromatic heterocycles. The van der Waals surface area contributed by atoms with Crippen molar-refractivity contribution in [1.82, 2.24) is 9.88 Å². The maximum absolute atomic E-state index is 11.8. The number of alkyl halides is 1. The molecule has 78 valence electrons. The topological polar surface area (TPSA) is 33.2 Å². The zero-order valence-corrected chi connectivity index (χ0v) is 10.0. The van der Waals surface area contributed by atoms with Gasteiger partial charge in [-0.25, -0.2) is 4.98 Å². The van der Waals surface area contributed by atoms with E-state index in [9.17, 15) is 4.79 Å². The van der Waals surface area contributed by atoms with Crippen LogP contribution in [0.15, 0.2) is 10.9 Å². The van der Waals surface area contributed by atoms with E-state index < -0.39 is 0 Å². The van der Waals surface area contributed by atoms with Gasteiger partial charge >= 0.3 is 0 Å². The summed E-state index contributed by atoms with van der Waals surface area (Å²) < 4.78 is 0. The molecule has 14 heavy (non-hydrogen) atoms. The molecule has 0 bridgehead atoms. The van der Waals surface area contributed by atoms with Crippen LogP contribution in [0.1, 0.15) is 24.3 Å². The first kappa shape index (κ1) is 11.5. The number of halogens is 1. The molecule has 0 saturated carbocycles. The van der Waals surface area contributed by atoms with E-state index >= 15 is 0 Å². The lowest BCUT2D eigenvalue weighted by atomic mass is 10.1. The van der Waals surface area contributed by atoms with E-state index in [0.717, 1.165) is 0 Å². The fraction of sp³-hybridized carbons (Fsp3) is 0.556. The summed E-state index contributed by atoms with van der Waals surface area (Å²) in [4.78, 5) is 17.4. The summed E-state index contributed by atoms with van der Waals surface area (Å²) in [6, 6.07) is 0. The summed E-state index contributed by atoms with van der Waals surface area (Å²) in [5.41, 5.74) is 1.78. The van der Waals surface area contributed by atoms with Gasteiger partial charge in [-0.3, -0.25) is 4.79 Å². The molecule has 0 aromatic carbocycles. The normalized spacial score (nSPS) is 11.4. The molecule has 0 saturated heterocycles. The SMILES string of the molecule is CN(C(=O)c1cscn1)C(C)(C)CCl. The van der Waals surface area contributed by atoms with E-state index in [1.54, 1.807) is 22.8 Å². The van der Waals surface area contributed by atoms with Crippen LogP contribution in [0, 0.1) is 0 Å². The Balaban J connectivity index is 2.81. The molecule has 5 heteroatoms. The molecule has 0 aliphatic carbocycles. The maximum atomic E-state index is 11.8. The largest absolute Gasteiger partial charge is 0.334 e. The predicted octanol–water partition coefficient (Wildman–Crippen LogP) is 2.23. The molecule has 0 fully saturated rings. The Morgan fingerprint density at radius 2 is 2.36 bits per heavy atom. The molecule has 0 aliphatic rings. The number of hydrogen-bond acceptors (Lipinski definition) is 3. The lowest BCUT2D eigenvalue weighted by Gasteiger charge is -2.33. The highest BCUT2D eigenvalue weighted by Crippen LogP contribution is 2.17. The third-order valence-corrected chi connectivity index (χ3v) is 3.43. The standard InChI is InChI=1S/C9H13ClN2OS/c1-9(2,5-10)12(3)8(13)7-4-14-6-11-7/h4,6H,5H2,1-3H3. The molecule has 0 aliphatic heterocycles. The third kappa shape index (κ3) is 2.25. The van der Waals surface area contributed by atoms with Crippen molar-refractivity contribution >= 4 is 28.8 Å². The summed E-state index contributed by atoms with van der Waals surface area (Å²) in [5.74, 6) is 0.316. The Morgan fingerprint density at radius 3 is 2.79 bits per heavy atom. The van der Waals surface area contributed by atoms with E-state index in [4.69, 9.17) is 11.6 Å². The Morgan fingerprint density at radius 1 is 1.71 bits per heavy atom. The van der Waals surface area contributed by atoms with E-state index in [1.807, 2.05) is 13.8 Å². The van der Waals surface area contributed by atoms with Crippen LogP contribution < -0.4 is 0 Å². The van der Waals surface area contributed by atoms with Gasteiger partial charge in [0.15, 0.2) is 0 Å². The summed E-state index contributed by atoms with van der Waals surface area (Å²) in [5, 5.41) is 1.74. The fourth-order valence-corrected chi connectivity index (χ4v) is 1.56. The molecule has 0 radical (unpaired) electrons. The van der Waals surface area contributed by atoms with Crippen LogP contribution in [0.25, 0.3) is 0 Å². The van der Waals surface area contributed by atoms with Crippen LogP contribution in [-0.4, -0.2) is 34.3 Å². The van der Waals surface area contributed by atoms with Crippen molar-refractivity contribution in [3.8, 4) is 0 Å². The van der Waals surface area contributed by atoms with E-state index in [2.05, 4.69) is 4.98 Å². The van der Waals surface area contributed by atoms with Gasteiger partial charge in [0.05, 0.1) is 11.0 Å². The Labute approximate surface area is 92.7 Å². The molecule has 0 spiro atoms. The highest BCUT2D eigenvalue weighted by atomic mass is 35.5. The summed E-state index contributed by atoms with van der Waals surface area (Å²) >= 11 is 7.19. The first-order valence-corrected chi connectivity index (χ1v) is 5.69. The second kappa shape index (κ2) is 4.28. The number of thiazole rings is 1. The number of hydrogen-bond donors (Lipinski definition) is 0. The number of rotatable bonds is 3. The van der Waals surface area contributed by atoms with Gasteiger partial charge < -0.3 is 4.90 Å². The fourth-order valence-electron chi connectivity index (χ4n) is 0.855. The van der Waals surface area contributed by atoms with Crippen molar-refractivity contribution in [2.24, 2.45) is 0 Å². The molecule has 0 N–H and O–H groups in total. The number of carbonyl (C=O) groups is 1. The van der Waals surface area contributed by atoms with Crippen LogP contribution in [0.3, 0.4) is 0 Å². The van der Waals surface area contributed by atoms with Crippen LogP contribution in [0.4, 0.5) is 0 Å². The van der Waals surface area contributed by atoms with E-state index in [1.165, 1.54) is 11.3 Å². The minimum Gasteiger partial charge on any atom is -0.334 e. The highest BCUT2D eigenvalue weighted by molar-refractivity contribution is 7.07. The second-order valence-electron chi connectivity index (χ2n) is 3.68. The number of nitrogens with zero attached hydrogens (tertiary/aromatic N) is 2. The Kier molecular flexibility index (Phi) is 3.50. The maximum Gasteiger partial charge on any atom is 0.273 e. The molecule has 1 amide bonds. The average Bonchev–Trinajstić information content (AvgIpc) is 2.68. The average molecular weight is 233 g/mol. The zero-order chi connectivity index (χ0) is 10.8. The quantitative estimate of drug-likeness (QED) is 0.749. The third-order valence-electron chi connectivity index (χ3n) is 2.19. The minimum absolute atomic E-state index is 0.0862. The molecular weight excluding hydrogens is 220 g/mol. The molecular formula is C9H13ClN2OS. The monoisotopic (exact) mass is 232 g/mol. The van der Waals surface area contributed by atoms with Crippen LogP contribution in [0.5, 0.6) is 0 Å². The van der Waals surface area contributed by atoms with Gasteiger partial charge in [-0.05, 0) is 13.8 Å². The van der Waals surface area contributed by atoms with Crippen LogP contribution >= 0.6 is 22.9 Å². The summed E-state index contributed by atoms with van der Waals surface area (Å²) in [7, 11) is 1.74. The first-order valence-electron chi connectivity index (χ1n) is 4.21. The lowest BCUT2D eigenvalue weighted by Crippen LogP contribution is -2.46. The summed E-state index contributed by atoms with van der Waals surface area (Å²) in [6.45, 7) is 3.84. The first-order chi connectivity index (χ1) is 6.49. The van der Waals surface area contributed by atoms with Crippen LogP contribution in [-0.2, 0) is 0 Å². The van der Waals surface area contributed by atoms with Crippen molar-refractivity contribution < 1.29 is 4.79 Å². The van der Waals surface area contributed by atoms with Gasteiger partial charge in [-0.2, -0.15) is 0 Å². The molecule has 3 nitrogen and oxygen atoms in total. The molecule has 0 unspecified atom stereocenters. The summed E-state index contributed by atoms with van der Waals surface area (Å²) in [6.07, 6.45) is 0. The van der Waals surface area contributed by atoms with Gasteiger partial charge in [0.2, 0.25) is 0 Å². The van der Waals surface area contributed by atoms with E-state index in [-0.39, 0.29) is 11.4 Å². The number of amides is 1. The zero-order valence-electron chi connectivity index (χ0n) is 8.45. The van der Waals surface area contributed by atoms with Gasteiger partial charge in [0.25, 0.3) is 5.91 Å². The lowest BCUT2D eigenvalue weighted by molar-refractivity contribution is 0.0655. The van der Waals surface area contributed by atoms with Gasteiger partial charge in [0, 0.05) is 18.3 Å². The highest BCUT2D eigenvalue weighted by Gasteiger charge is 2.28. The second-order valence-corrected chi connectivity index (χ2v) is 4.67. The van der Waals surface area contributed by atoms with Crippen molar-refractivity contribution in [2.45, 2.75) is 19.4 Å². The minimum atomic E-state index is -0.345. The molecule has 0 atom stereocenters. The smallest absolute Gasteiger partial charge is 0.273 e. The Bertz CT molecular complexity index is 311. The molecule has 1 heterocycles. The van der Waals surface area contributed by atoms with Crippen molar-refractivity contribution in [3.63, 3.8) is 0 Å². The van der Waals surface area contributed by atoms with Crippen molar-refractivity contribution in [1.29, 1.82) is 0 Å². The number of aromatic nitrogens is 1. The Hall–Kier alpha value is -0.610. The molecule has 1 aromatic rings. The van der Waals surface area contributed by atoms with Gasteiger partial charge in [-0.15, -0.1) is 22.9 Å². The number of carbonyl (C=O) groups excluding carboxylic acids is 1. The van der Waals surface area contributed by atoms with Crippen molar-refractivity contribution in [2.75, 3.05) is 12.9 Å².